The third-order valence-corrected chi connectivity index (χ3v) is 4.82. The predicted molar refractivity (Wildman–Crippen MR) is 99.1 cm³/mol. The molecular formula is C22H22O3. The van der Waals surface area contributed by atoms with Gasteiger partial charge in [-0.3, -0.25) is 0 Å². The minimum atomic E-state index is -0.286. The van der Waals surface area contributed by atoms with E-state index in [4.69, 9.17) is 4.29 Å². The van der Waals surface area contributed by atoms with Crippen LogP contribution in [0, 0.1) is 0 Å². The molecule has 3 aromatic carbocycles. The second-order valence-corrected chi connectivity index (χ2v) is 6.52. The Bertz CT molecular complexity index is 831. The normalized spacial score (nSPS) is 12.6. The van der Waals surface area contributed by atoms with Gasteiger partial charge in [0.1, 0.15) is 17.2 Å². The Morgan fingerprint density at radius 2 is 1.08 bits per heavy atom. The quantitative estimate of drug-likeness (QED) is 0.556. The van der Waals surface area contributed by atoms with Crippen molar-refractivity contribution in [1.29, 1.82) is 4.29 Å². The van der Waals surface area contributed by atoms with Crippen molar-refractivity contribution in [3.8, 4) is 17.2 Å². The van der Waals surface area contributed by atoms with Crippen molar-refractivity contribution < 1.29 is 15.3 Å². The van der Waals surface area contributed by atoms with Gasteiger partial charge in [-0.2, -0.15) is 0 Å². The summed E-state index contributed by atoms with van der Waals surface area (Å²) in [6.45, 7) is 2.18. The van der Waals surface area contributed by atoms with Crippen LogP contribution in [0.2, 0.25) is 0 Å². The predicted octanol–water partition coefficient (Wildman–Crippen LogP) is 4.74. The Morgan fingerprint density at radius 3 is 1.48 bits per heavy atom. The zero-order chi connectivity index (χ0) is 20.0. The molecule has 128 valence electrons. The maximum atomic E-state index is 7.05. The van der Waals surface area contributed by atoms with Gasteiger partial charge in [0.05, 0.1) is 0 Å². The van der Waals surface area contributed by atoms with Crippen molar-refractivity contribution in [3.05, 3.63) is 89.5 Å². The Hall–Kier alpha value is -2.94. The lowest BCUT2D eigenvalue weighted by molar-refractivity contribution is 0.470. The van der Waals surface area contributed by atoms with Gasteiger partial charge in [0, 0.05) is 5.41 Å². The van der Waals surface area contributed by atoms with E-state index < -0.39 is 0 Å². The van der Waals surface area contributed by atoms with E-state index in [0.29, 0.717) is 17.2 Å². The van der Waals surface area contributed by atoms with E-state index in [0.717, 1.165) is 29.5 Å². The van der Waals surface area contributed by atoms with E-state index in [1.54, 1.807) is 36.4 Å². The van der Waals surface area contributed by atoms with Crippen LogP contribution in [0.15, 0.2) is 72.8 Å². The highest BCUT2D eigenvalue weighted by atomic mass is 16.3. The average Bonchev–Trinajstić information content (AvgIpc) is 2.78. The molecule has 0 atom stereocenters. The highest BCUT2D eigenvalue weighted by molar-refractivity contribution is 5.42. The second-order valence-electron chi connectivity index (χ2n) is 6.52. The summed E-state index contributed by atoms with van der Waals surface area (Å²) >= 11 is 0. The van der Waals surface area contributed by atoms with Crippen molar-refractivity contribution in [2.75, 3.05) is 0 Å². The van der Waals surface area contributed by atoms with Crippen molar-refractivity contribution >= 4 is 0 Å². The summed E-state index contributed by atoms with van der Waals surface area (Å²) in [4.78, 5) is 0. The molecule has 0 aliphatic heterocycles. The van der Waals surface area contributed by atoms with E-state index >= 15 is 0 Å². The molecular weight excluding hydrogens is 312 g/mol. The van der Waals surface area contributed by atoms with Crippen LogP contribution in [0.25, 0.3) is 0 Å². The lowest BCUT2D eigenvalue weighted by Crippen LogP contribution is -2.24. The molecule has 0 amide bonds. The molecule has 0 bridgehead atoms. The van der Waals surface area contributed by atoms with Gasteiger partial charge >= 0.3 is 0 Å². The summed E-state index contributed by atoms with van der Waals surface area (Å²) in [6.07, 6.45) is 1.68. The van der Waals surface area contributed by atoms with Crippen molar-refractivity contribution in [1.82, 2.24) is 0 Å². The molecule has 0 spiro atoms. The fourth-order valence-corrected chi connectivity index (χ4v) is 3.15. The zero-order valence-electron chi connectivity index (χ0n) is 17.1. The molecule has 3 nitrogen and oxygen atoms in total. The first-order chi connectivity index (χ1) is 13.6. The number of phenolic OH excluding ortho intramolecular Hbond substituents is 3. The van der Waals surface area contributed by atoms with Gasteiger partial charge in [-0.15, -0.1) is 0 Å². The third kappa shape index (κ3) is 3.77. The first-order valence-electron chi connectivity index (χ1n) is 9.51. The fourth-order valence-electron chi connectivity index (χ4n) is 3.15. The number of rotatable bonds is 8. The zero-order valence-corrected chi connectivity index (χ0v) is 14.1. The summed E-state index contributed by atoms with van der Waals surface area (Å²) in [5.41, 5.74) is 3.09. The molecule has 0 aromatic heterocycles. The molecule has 3 N–H and O–H groups in total. The fraction of sp³-hybridized carbons (Fsp3) is 0.182. The van der Waals surface area contributed by atoms with Crippen LogP contribution in [0.1, 0.15) is 30.0 Å². The van der Waals surface area contributed by atoms with Crippen LogP contribution in [0.5, 0.6) is 17.2 Å². The molecule has 0 unspecified atom stereocenters. The van der Waals surface area contributed by atoms with Crippen molar-refractivity contribution in [3.63, 3.8) is 0 Å². The van der Waals surface area contributed by atoms with Gasteiger partial charge in [-0.1, -0.05) is 43.3 Å². The lowest BCUT2D eigenvalue weighted by atomic mass is 9.72. The number of hydrogen-bond donors (Lipinski definition) is 3. The summed E-state index contributed by atoms with van der Waals surface area (Å²) in [5, 5.41) is 13.6. The van der Waals surface area contributed by atoms with Gasteiger partial charge in [0.25, 0.3) is 4.29 Å². The molecule has 25 heavy (non-hydrogen) atoms. The Morgan fingerprint density at radius 1 is 0.680 bits per heavy atom. The van der Waals surface area contributed by atoms with Crippen LogP contribution < -0.4 is 0 Å². The van der Waals surface area contributed by atoms with Gasteiger partial charge in [-0.05, 0) is 65.9 Å². The Labute approximate surface area is 152 Å². The van der Waals surface area contributed by atoms with Gasteiger partial charge in [-0.25, -0.2) is 0 Å². The van der Waals surface area contributed by atoms with E-state index in [9.17, 15) is 0 Å². The van der Waals surface area contributed by atoms with Gasteiger partial charge < -0.3 is 15.3 Å². The Balaban J connectivity index is 1.91. The SMILES string of the molecule is [2H]Oc1ccc(CCC(C)(c2ccc(O[2H])cc2)c2ccc(O[2H])cc2)cc1. The molecule has 0 aliphatic rings. The van der Waals surface area contributed by atoms with Gasteiger partial charge in [0.15, 0.2) is 0 Å². The van der Waals surface area contributed by atoms with Crippen molar-refractivity contribution in [2.45, 2.75) is 25.2 Å². The van der Waals surface area contributed by atoms with Crippen LogP contribution in [0.4, 0.5) is 0 Å². The second kappa shape index (κ2) is 6.89. The topological polar surface area (TPSA) is 60.7 Å². The molecule has 0 fully saturated rings. The first kappa shape index (κ1) is 13.4. The summed E-state index contributed by atoms with van der Waals surface area (Å²) < 4.78 is 21.1. The van der Waals surface area contributed by atoms with Crippen LogP contribution in [-0.4, -0.2) is 19.6 Å². The molecule has 0 heterocycles. The molecule has 0 radical (unpaired) electrons. The maximum Gasteiger partial charge on any atom is 0.293 e. The average molecular weight is 337 g/mol. The third-order valence-electron chi connectivity index (χ3n) is 4.82. The van der Waals surface area contributed by atoms with Crippen LogP contribution >= 0.6 is 0 Å². The van der Waals surface area contributed by atoms with E-state index in [2.05, 4.69) is 22.3 Å². The standard InChI is InChI=1S/C22H22O3/c1-22(17-4-10-20(24)11-5-17,18-6-12-21(25)13-7-18)15-14-16-2-8-19(23)9-3-16/h2-13,23-25H,14-15H2,1H3/i/hD3. The van der Waals surface area contributed by atoms with E-state index in [1.165, 1.54) is 0 Å². The van der Waals surface area contributed by atoms with Gasteiger partial charge in [0.2, 0.25) is 0 Å². The molecule has 0 aliphatic carbocycles. The number of benzene rings is 3. The largest absolute Gasteiger partial charge is 0.508 e. The Kier molecular flexibility index (Phi) is 3.68. The minimum absolute atomic E-state index is 0.286. The smallest absolute Gasteiger partial charge is 0.293 e. The maximum absolute atomic E-state index is 7.05. The summed E-state index contributed by atoms with van der Waals surface area (Å²) in [5.74, 6) is 1.51. The summed E-state index contributed by atoms with van der Waals surface area (Å²) in [7, 11) is 0. The first-order valence-corrected chi connectivity index (χ1v) is 8.28. The number of phenols is 3. The minimum Gasteiger partial charge on any atom is -0.508 e. The molecule has 0 saturated carbocycles. The lowest BCUT2D eigenvalue weighted by Gasteiger charge is -2.31. The number of hydrogen-bond acceptors (Lipinski definition) is 3. The van der Waals surface area contributed by atoms with E-state index in [-0.39, 0.29) is 5.41 Å². The molecule has 3 aromatic rings. The van der Waals surface area contributed by atoms with E-state index in [1.807, 2.05) is 36.4 Å². The van der Waals surface area contributed by atoms with Crippen molar-refractivity contribution in [2.24, 2.45) is 0 Å². The molecule has 0 saturated heterocycles. The van der Waals surface area contributed by atoms with Crippen LogP contribution in [-0.2, 0) is 11.8 Å². The number of aromatic hydroxyl groups is 3. The monoisotopic (exact) mass is 337 g/mol. The van der Waals surface area contributed by atoms with Crippen LogP contribution in [0.3, 0.4) is 0 Å². The molecule has 3 rings (SSSR count). The number of aryl methyl sites for hydroxylation is 1. The summed E-state index contributed by atoms with van der Waals surface area (Å²) in [6, 6.07) is 22.6. The molecule has 3 heteroatoms. The highest BCUT2D eigenvalue weighted by Crippen LogP contribution is 2.37. The highest BCUT2D eigenvalue weighted by Gasteiger charge is 2.28.